The monoisotopic (exact) mass is 285 g/mol. The number of carbonyl (C=O) groups is 1. The molecule has 0 saturated carbocycles. The third-order valence-electron chi connectivity index (χ3n) is 1.92. The number of carbonyl (C=O) groups excluding carboxylic acids is 1. The first-order valence-electron chi connectivity index (χ1n) is 4.80. The van der Waals surface area contributed by atoms with Crippen molar-refractivity contribution in [3.05, 3.63) is 34.3 Å². The number of benzene rings is 1. The molecule has 4 nitrogen and oxygen atoms in total. The number of ether oxygens (including phenoxy) is 1. The molecule has 1 N–H and O–H groups in total. The number of halogens is 1. The number of oxime groups is 1. The minimum absolute atomic E-state index is 0.00386. The molecule has 16 heavy (non-hydrogen) atoms. The van der Waals surface area contributed by atoms with Crippen LogP contribution in [0.2, 0.25) is 0 Å². The fraction of sp³-hybridized carbons (Fsp3) is 0.273. The van der Waals surface area contributed by atoms with Crippen LogP contribution in [0.25, 0.3) is 0 Å². The van der Waals surface area contributed by atoms with Crippen molar-refractivity contribution < 1.29 is 14.7 Å². The number of esters is 1. The van der Waals surface area contributed by atoms with Crippen molar-refractivity contribution in [1.82, 2.24) is 0 Å². The molecule has 0 fully saturated rings. The van der Waals surface area contributed by atoms with Crippen molar-refractivity contribution in [3.63, 3.8) is 0 Å². The van der Waals surface area contributed by atoms with Crippen LogP contribution in [0.5, 0.6) is 0 Å². The molecule has 0 aliphatic heterocycles. The zero-order valence-corrected chi connectivity index (χ0v) is 10.4. The van der Waals surface area contributed by atoms with Crippen molar-refractivity contribution in [3.8, 4) is 0 Å². The molecule has 0 aliphatic carbocycles. The molecule has 1 rings (SSSR count). The molecule has 0 radical (unpaired) electrons. The van der Waals surface area contributed by atoms with Crippen LogP contribution in [-0.4, -0.2) is 23.5 Å². The van der Waals surface area contributed by atoms with E-state index in [9.17, 15) is 4.79 Å². The molecule has 0 atom stereocenters. The third kappa shape index (κ3) is 3.66. The highest BCUT2D eigenvalue weighted by Gasteiger charge is 2.13. The Bertz CT molecular complexity index is 387. The molecule has 86 valence electrons. The van der Waals surface area contributed by atoms with Crippen molar-refractivity contribution in [2.24, 2.45) is 5.16 Å². The van der Waals surface area contributed by atoms with Gasteiger partial charge in [0.1, 0.15) is 0 Å². The summed E-state index contributed by atoms with van der Waals surface area (Å²) in [6, 6.07) is 7.40. The third-order valence-corrected chi connectivity index (χ3v) is 2.45. The number of hydrogen-bond donors (Lipinski definition) is 1. The van der Waals surface area contributed by atoms with Crippen LogP contribution in [0.1, 0.15) is 12.5 Å². The van der Waals surface area contributed by atoms with Crippen molar-refractivity contribution in [2.75, 3.05) is 6.61 Å². The first-order chi connectivity index (χ1) is 7.67. The van der Waals surface area contributed by atoms with E-state index in [1.54, 1.807) is 6.92 Å². The molecule has 0 aliphatic rings. The van der Waals surface area contributed by atoms with Gasteiger partial charge in [0, 0.05) is 10.9 Å². The maximum Gasteiger partial charge on any atom is 0.356 e. The van der Waals surface area contributed by atoms with Gasteiger partial charge in [-0.3, -0.25) is 0 Å². The van der Waals surface area contributed by atoms with Gasteiger partial charge in [-0.15, -0.1) is 0 Å². The zero-order chi connectivity index (χ0) is 12.0. The number of nitrogens with zero attached hydrogens (tertiary/aromatic N) is 1. The van der Waals surface area contributed by atoms with Gasteiger partial charge < -0.3 is 9.94 Å². The molecule has 0 aromatic heterocycles. The van der Waals surface area contributed by atoms with Crippen LogP contribution >= 0.6 is 15.9 Å². The van der Waals surface area contributed by atoms with Crippen LogP contribution in [0, 0.1) is 0 Å². The summed E-state index contributed by atoms with van der Waals surface area (Å²) in [4.78, 5) is 11.3. The smallest absolute Gasteiger partial charge is 0.356 e. The van der Waals surface area contributed by atoms with Crippen molar-refractivity contribution in [1.29, 1.82) is 0 Å². The van der Waals surface area contributed by atoms with Gasteiger partial charge in [0.25, 0.3) is 0 Å². The van der Waals surface area contributed by atoms with Crippen molar-refractivity contribution >= 4 is 27.6 Å². The van der Waals surface area contributed by atoms with Gasteiger partial charge in [0.2, 0.25) is 0 Å². The van der Waals surface area contributed by atoms with Crippen LogP contribution < -0.4 is 0 Å². The zero-order valence-electron chi connectivity index (χ0n) is 8.81. The van der Waals surface area contributed by atoms with E-state index in [0.29, 0.717) is 0 Å². The summed E-state index contributed by atoms with van der Waals surface area (Å²) in [6.07, 6.45) is 0.253. The Balaban J connectivity index is 2.71. The van der Waals surface area contributed by atoms with Gasteiger partial charge in [0.15, 0.2) is 5.71 Å². The minimum atomic E-state index is -0.590. The molecule has 5 heteroatoms. The predicted octanol–water partition coefficient (Wildman–Crippen LogP) is 2.38. The Morgan fingerprint density at radius 1 is 1.44 bits per heavy atom. The van der Waals surface area contributed by atoms with E-state index >= 15 is 0 Å². The van der Waals surface area contributed by atoms with Crippen molar-refractivity contribution in [2.45, 2.75) is 13.3 Å². The summed E-state index contributed by atoms with van der Waals surface area (Å²) in [5, 5.41) is 11.7. The van der Waals surface area contributed by atoms with E-state index in [4.69, 9.17) is 9.94 Å². The lowest BCUT2D eigenvalue weighted by molar-refractivity contribution is -0.135. The molecule has 1 aromatic carbocycles. The second-order valence-electron chi connectivity index (χ2n) is 3.07. The molecule has 0 heterocycles. The van der Waals surface area contributed by atoms with Crippen LogP contribution in [-0.2, 0) is 16.0 Å². The standard InChI is InChI=1S/C11H12BrNO3/c1-2-16-11(14)10(13-15)7-8-3-5-9(12)6-4-8/h3-6,15H,2,7H2,1H3/b13-10-. The average molecular weight is 286 g/mol. The molecular weight excluding hydrogens is 274 g/mol. The van der Waals surface area contributed by atoms with Gasteiger partial charge in [-0.05, 0) is 24.6 Å². The second-order valence-corrected chi connectivity index (χ2v) is 3.99. The van der Waals surface area contributed by atoms with E-state index in [0.717, 1.165) is 10.0 Å². The minimum Gasteiger partial charge on any atom is -0.461 e. The summed E-state index contributed by atoms with van der Waals surface area (Å²) < 4.78 is 5.71. The van der Waals surface area contributed by atoms with Gasteiger partial charge in [0.05, 0.1) is 6.61 Å². The van der Waals surface area contributed by atoms with E-state index < -0.39 is 5.97 Å². The van der Waals surface area contributed by atoms with Gasteiger partial charge in [-0.2, -0.15) is 0 Å². The molecule has 0 unspecified atom stereocenters. The molecule has 0 bridgehead atoms. The van der Waals surface area contributed by atoms with Gasteiger partial charge in [-0.1, -0.05) is 33.2 Å². The molecule has 0 saturated heterocycles. The summed E-state index contributed by atoms with van der Waals surface area (Å²) in [7, 11) is 0. The molecule has 0 amide bonds. The van der Waals surface area contributed by atoms with E-state index in [2.05, 4.69) is 21.1 Å². The van der Waals surface area contributed by atoms with Crippen LogP contribution in [0.3, 0.4) is 0 Å². The molecule has 1 aromatic rings. The average Bonchev–Trinajstić information content (AvgIpc) is 2.28. The van der Waals surface area contributed by atoms with Gasteiger partial charge >= 0.3 is 5.97 Å². The first kappa shape index (κ1) is 12.7. The summed E-state index contributed by atoms with van der Waals surface area (Å²) in [6.45, 7) is 1.96. The predicted molar refractivity (Wildman–Crippen MR) is 63.7 cm³/mol. The van der Waals surface area contributed by atoms with Crippen LogP contribution in [0.15, 0.2) is 33.9 Å². The lowest BCUT2D eigenvalue weighted by atomic mass is 10.1. The van der Waals surface area contributed by atoms with Gasteiger partial charge in [-0.25, -0.2) is 4.79 Å². The highest BCUT2D eigenvalue weighted by atomic mass is 79.9. The topological polar surface area (TPSA) is 58.9 Å². The Kier molecular flexibility index (Phi) is 4.98. The first-order valence-corrected chi connectivity index (χ1v) is 5.59. The quantitative estimate of drug-likeness (QED) is 0.400. The normalized spacial score (nSPS) is 11.2. The molecular formula is C11H12BrNO3. The Hall–Kier alpha value is -1.36. The highest BCUT2D eigenvalue weighted by molar-refractivity contribution is 9.10. The Morgan fingerprint density at radius 3 is 2.56 bits per heavy atom. The second kappa shape index (κ2) is 6.27. The summed E-state index contributed by atoms with van der Waals surface area (Å²) >= 11 is 3.31. The number of hydrogen-bond acceptors (Lipinski definition) is 4. The molecule has 0 spiro atoms. The largest absolute Gasteiger partial charge is 0.461 e. The summed E-state index contributed by atoms with van der Waals surface area (Å²) in [5.41, 5.74) is 0.883. The Labute approximate surface area is 102 Å². The van der Waals surface area contributed by atoms with E-state index in [1.165, 1.54) is 0 Å². The van der Waals surface area contributed by atoms with Crippen LogP contribution in [0.4, 0.5) is 0 Å². The summed E-state index contributed by atoms with van der Waals surface area (Å²) in [5.74, 6) is -0.590. The Morgan fingerprint density at radius 2 is 2.06 bits per heavy atom. The highest BCUT2D eigenvalue weighted by Crippen LogP contribution is 2.11. The maximum absolute atomic E-state index is 11.3. The maximum atomic E-state index is 11.3. The van der Waals surface area contributed by atoms with E-state index in [1.807, 2.05) is 24.3 Å². The fourth-order valence-electron chi connectivity index (χ4n) is 1.16. The SMILES string of the molecule is CCOC(=O)/C(Cc1ccc(Br)cc1)=N\O. The fourth-order valence-corrected chi connectivity index (χ4v) is 1.42. The van der Waals surface area contributed by atoms with E-state index in [-0.39, 0.29) is 18.7 Å². The lowest BCUT2D eigenvalue weighted by Crippen LogP contribution is -2.19. The number of rotatable bonds is 4. The lowest BCUT2D eigenvalue weighted by Gasteiger charge is -2.04.